The third-order valence-electron chi connectivity index (χ3n) is 8.31. The fraction of sp³-hybridized carbons (Fsp3) is 0.400. The number of imidazole rings is 1. The van der Waals surface area contributed by atoms with Crippen molar-refractivity contribution in [2.45, 2.75) is 63.2 Å². The number of benzene rings is 2. The minimum Gasteiger partial charge on any atom is -0.434 e. The number of halogens is 3. The molecular formula is C30H27F3N4O4. The molecule has 1 aliphatic carbocycles. The van der Waals surface area contributed by atoms with Gasteiger partial charge in [-0.25, -0.2) is 19.3 Å². The summed E-state index contributed by atoms with van der Waals surface area (Å²) < 4.78 is 54.9. The Labute approximate surface area is 233 Å². The molecule has 2 aliphatic heterocycles. The standard InChI is InChI=1S/C30H27F3N4O4/c1-30(2,39)28-34-12-18(26(36-28)14-6-7-40-13-14)17-10-21-20(11-19(17)31)35-27-15-8-22(37(21)27)25-16(23(38)9-15)4-3-5-24(25)41-29(32)33/h3-5,10-12,14-15,22,29,39H,6-9,13H2,1-2H3/t14?,15-,22+/m0/s1. The highest BCUT2D eigenvalue weighted by molar-refractivity contribution is 6.00. The molecule has 1 saturated heterocycles. The van der Waals surface area contributed by atoms with Crippen molar-refractivity contribution >= 4 is 16.8 Å². The monoisotopic (exact) mass is 564 g/mol. The van der Waals surface area contributed by atoms with Crippen LogP contribution in [-0.4, -0.2) is 50.2 Å². The number of carbonyl (C=O) groups is 1. The maximum atomic E-state index is 15.8. The molecule has 7 rings (SSSR count). The van der Waals surface area contributed by atoms with Gasteiger partial charge in [0.1, 0.15) is 23.0 Å². The van der Waals surface area contributed by atoms with Crippen LogP contribution in [0.25, 0.3) is 22.2 Å². The van der Waals surface area contributed by atoms with Crippen molar-refractivity contribution in [3.63, 3.8) is 0 Å². The summed E-state index contributed by atoms with van der Waals surface area (Å²) >= 11 is 0. The Morgan fingerprint density at radius 2 is 1.98 bits per heavy atom. The largest absolute Gasteiger partial charge is 0.434 e. The molecule has 212 valence electrons. The summed E-state index contributed by atoms with van der Waals surface area (Å²) in [5.41, 5.74) is 1.80. The van der Waals surface area contributed by atoms with Gasteiger partial charge in [0.25, 0.3) is 0 Å². The zero-order valence-corrected chi connectivity index (χ0v) is 22.4. The van der Waals surface area contributed by atoms with Crippen LogP contribution in [0.15, 0.2) is 36.5 Å². The molecule has 3 aliphatic rings. The second kappa shape index (κ2) is 9.35. The lowest BCUT2D eigenvalue weighted by atomic mass is 9.94. The number of aromatic nitrogens is 4. The molecule has 0 spiro atoms. The summed E-state index contributed by atoms with van der Waals surface area (Å²) in [6.07, 6.45) is 2.88. The number of fused-ring (bicyclic) bond motifs is 9. The summed E-state index contributed by atoms with van der Waals surface area (Å²) in [6.45, 7) is 1.10. The number of alkyl halides is 2. The van der Waals surface area contributed by atoms with Gasteiger partial charge in [-0.05, 0) is 38.8 Å². The van der Waals surface area contributed by atoms with Crippen molar-refractivity contribution in [2.75, 3.05) is 13.2 Å². The number of rotatable bonds is 5. The molecule has 1 fully saturated rings. The van der Waals surface area contributed by atoms with Crippen molar-refractivity contribution in [1.82, 2.24) is 19.5 Å². The normalized spacial score (nSPS) is 21.8. The highest BCUT2D eigenvalue weighted by Crippen LogP contribution is 2.51. The van der Waals surface area contributed by atoms with Crippen LogP contribution < -0.4 is 4.74 Å². The molecule has 0 saturated carbocycles. The van der Waals surface area contributed by atoms with Crippen molar-refractivity contribution in [3.8, 4) is 16.9 Å². The van der Waals surface area contributed by atoms with Gasteiger partial charge in [-0.1, -0.05) is 12.1 Å². The van der Waals surface area contributed by atoms with E-state index in [0.29, 0.717) is 65.3 Å². The van der Waals surface area contributed by atoms with E-state index in [4.69, 9.17) is 14.5 Å². The molecule has 8 nitrogen and oxygen atoms in total. The molecule has 0 amide bonds. The zero-order valence-electron chi connectivity index (χ0n) is 22.4. The topological polar surface area (TPSA) is 99.4 Å². The van der Waals surface area contributed by atoms with Crippen molar-refractivity contribution in [1.29, 1.82) is 0 Å². The number of ketones is 1. The first-order valence-electron chi connectivity index (χ1n) is 13.6. The number of Topliss-reactive ketones (excluding diaryl/α,β-unsaturated/α-hetero) is 1. The zero-order chi connectivity index (χ0) is 28.6. The van der Waals surface area contributed by atoms with Gasteiger partial charge in [0.2, 0.25) is 0 Å². The Hall–Kier alpha value is -3.83. The van der Waals surface area contributed by atoms with Crippen molar-refractivity contribution in [3.05, 3.63) is 70.8 Å². The molecule has 2 aromatic heterocycles. The predicted molar refractivity (Wildman–Crippen MR) is 142 cm³/mol. The van der Waals surface area contributed by atoms with Gasteiger partial charge in [-0.3, -0.25) is 4.79 Å². The van der Waals surface area contributed by atoms with Crippen LogP contribution >= 0.6 is 0 Å². The molecule has 0 radical (unpaired) electrons. The first kappa shape index (κ1) is 26.1. The second-order valence-electron chi connectivity index (χ2n) is 11.4. The molecule has 1 unspecified atom stereocenters. The van der Waals surface area contributed by atoms with Crippen LogP contribution in [0.1, 0.15) is 84.3 Å². The van der Waals surface area contributed by atoms with Crippen molar-refractivity contribution in [2.24, 2.45) is 0 Å². The number of aliphatic hydroxyl groups is 1. The number of nitrogens with zero attached hydrogens (tertiary/aromatic N) is 4. The smallest absolute Gasteiger partial charge is 0.387 e. The van der Waals surface area contributed by atoms with E-state index in [0.717, 1.165) is 0 Å². The van der Waals surface area contributed by atoms with Crippen LogP contribution in [0, 0.1) is 5.82 Å². The number of hydrogen-bond acceptors (Lipinski definition) is 7. The molecule has 41 heavy (non-hydrogen) atoms. The molecule has 4 aromatic rings. The SMILES string of the molecule is CC(C)(O)c1ncc(-c2cc3c(cc2F)nc2n3[C@@H]3C[C@H]2CC(=O)c2cccc(OC(F)F)c23)c(C2CCOC2)n1. The summed E-state index contributed by atoms with van der Waals surface area (Å²) in [6, 6.07) is 7.17. The van der Waals surface area contributed by atoms with E-state index in [-0.39, 0.29) is 41.2 Å². The lowest BCUT2D eigenvalue weighted by Crippen LogP contribution is -2.21. The Balaban J connectivity index is 1.43. The van der Waals surface area contributed by atoms with Crippen LogP contribution in [0.3, 0.4) is 0 Å². The highest BCUT2D eigenvalue weighted by atomic mass is 19.3. The molecule has 2 bridgehead atoms. The van der Waals surface area contributed by atoms with E-state index in [1.54, 1.807) is 32.0 Å². The lowest BCUT2D eigenvalue weighted by molar-refractivity contribution is -0.0507. The van der Waals surface area contributed by atoms with Crippen molar-refractivity contribution < 1.29 is 32.5 Å². The quantitative estimate of drug-likeness (QED) is 0.336. The average molecular weight is 565 g/mol. The summed E-state index contributed by atoms with van der Waals surface area (Å²) in [4.78, 5) is 26.9. The van der Waals surface area contributed by atoms with Gasteiger partial charge < -0.3 is 19.1 Å². The third kappa shape index (κ3) is 4.21. The third-order valence-corrected chi connectivity index (χ3v) is 8.31. The Morgan fingerprint density at radius 1 is 1.15 bits per heavy atom. The lowest BCUT2D eigenvalue weighted by Gasteiger charge is -2.22. The second-order valence-corrected chi connectivity index (χ2v) is 11.4. The van der Waals surface area contributed by atoms with E-state index in [1.165, 1.54) is 18.3 Å². The minimum atomic E-state index is -3.05. The summed E-state index contributed by atoms with van der Waals surface area (Å²) in [5.74, 6) is -0.236. The van der Waals surface area contributed by atoms with Crippen LogP contribution in [0.5, 0.6) is 5.75 Å². The Kier molecular flexibility index (Phi) is 5.95. The van der Waals surface area contributed by atoms with Gasteiger partial charge in [0.05, 0.1) is 29.4 Å². The first-order chi connectivity index (χ1) is 19.6. The number of ether oxygens (including phenoxy) is 2. The van der Waals surface area contributed by atoms with E-state index in [9.17, 15) is 18.7 Å². The van der Waals surface area contributed by atoms with Gasteiger partial charge in [-0.15, -0.1) is 0 Å². The van der Waals surface area contributed by atoms with Crippen LogP contribution in [0.2, 0.25) is 0 Å². The molecule has 4 heterocycles. The maximum Gasteiger partial charge on any atom is 0.387 e. The molecular weight excluding hydrogens is 537 g/mol. The highest BCUT2D eigenvalue weighted by Gasteiger charge is 2.42. The van der Waals surface area contributed by atoms with Gasteiger partial charge in [-0.2, -0.15) is 8.78 Å². The molecule has 1 N–H and O–H groups in total. The fourth-order valence-corrected chi connectivity index (χ4v) is 6.48. The maximum absolute atomic E-state index is 15.8. The van der Waals surface area contributed by atoms with Crippen LogP contribution in [-0.2, 0) is 10.3 Å². The average Bonchev–Trinajstić information content (AvgIpc) is 3.62. The first-order valence-corrected chi connectivity index (χ1v) is 13.6. The molecule has 11 heteroatoms. The van der Waals surface area contributed by atoms with E-state index < -0.39 is 24.1 Å². The van der Waals surface area contributed by atoms with E-state index in [2.05, 4.69) is 9.97 Å². The minimum absolute atomic E-state index is 0.0485. The van der Waals surface area contributed by atoms with E-state index >= 15 is 4.39 Å². The fourth-order valence-electron chi connectivity index (χ4n) is 6.48. The molecule has 2 aromatic carbocycles. The van der Waals surface area contributed by atoms with Gasteiger partial charge >= 0.3 is 6.61 Å². The van der Waals surface area contributed by atoms with Crippen LogP contribution in [0.4, 0.5) is 13.2 Å². The Bertz CT molecular complexity index is 1710. The Morgan fingerprint density at radius 3 is 2.71 bits per heavy atom. The number of carbonyl (C=O) groups excluding carboxylic acids is 1. The van der Waals surface area contributed by atoms with E-state index in [1.807, 2.05) is 4.57 Å². The number of hydrogen-bond donors (Lipinski definition) is 1. The van der Waals surface area contributed by atoms with Gasteiger partial charge in [0.15, 0.2) is 11.6 Å². The predicted octanol–water partition coefficient (Wildman–Crippen LogP) is 5.63. The molecule has 3 atom stereocenters. The summed E-state index contributed by atoms with van der Waals surface area (Å²) in [7, 11) is 0. The summed E-state index contributed by atoms with van der Waals surface area (Å²) in [5, 5.41) is 10.6. The van der Waals surface area contributed by atoms with Gasteiger partial charge in [0, 0.05) is 59.4 Å².